The van der Waals surface area contributed by atoms with Gasteiger partial charge in [-0.3, -0.25) is 9.69 Å². The van der Waals surface area contributed by atoms with Crippen molar-refractivity contribution in [1.29, 1.82) is 0 Å². The largest absolute Gasteiger partial charge is 0.302 e. The first kappa shape index (κ1) is 25.2. The molecule has 0 spiro atoms. The second-order valence-corrected chi connectivity index (χ2v) is 8.74. The number of anilines is 1. The maximum atomic E-state index is 13.7. The summed E-state index contributed by atoms with van der Waals surface area (Å²) in [5, 5.41) is 0.634. The van der Waals surface area contributed by atoms with Gasteiger partial charge < -0.3 is 4.90 Å². The number of halogens is 2. The van der Waals surface area contributed by atoms with E-state index in [4.69, 9.17) is 0 Å². The molecule has 3 aromatic rings. The minimum absolute atomic E-state index is 0. The molecular formula is C24H31ClFN3OS. The molecule has 0 saturated heterocycles. The number of carbonyl (C=O) groups is 1. The van der Waals surface area contributed by atoms with Gasteiger partial charge in [-0.05, 0) is 68.8 Å². The Balaban J connectivity index is 0.00000341. The van der Waals surface area contributed by atoms with Crippen LogP contribution in [0, 0.1) is 26.6 Å². The fourth-order valence-corrected chi connectivity index (χ4v) is 4.88. The molecule has 0 aliphatic rings. The Bertz CT molecular complexity index is 1030. The normalized spacial score (nSPS) is 11.1. The summed E-state index contributed by atoms with van der Waals surface area (Å²) in [4.78, 5) is 22.1. The van der Waals surface area contributed by atoms with Gasteiger partial charge in [-0.15, -0.1) is 12.4 Å². The summed E-state index contributed by atoms with van der Waals surface area (Å²) >= 11 is 1.37. The molecule has 1 aromatic heterocycles. The predicted octanol–water partition coefficient (Wildman–Crippen LogP) is 5.70. The van der Waals surface area contributed by atoms with Crippen LogP contribution in [0.5, 0.6) is 0 Å². The zero-order valence-corrected chi connectivity index (χ0v) is 20.5. The van der Waals surface area contributed by atoms with E-state index in [2.05, 4.69) is 56.6 Å². The first-order chi connectivity index (χ1) is 14.3. The van der Waals surface area contributed by atoms with Crippen molar-refractivity contribution in [2.75, 3.05) is 31.1 Å². The van der Waals surface area contributed by atoms with Crippen molar-refractivity contribution in [3.05, 3.63) is 58.4 Å². The third-order valence-electron chi connectivity index (χ3n) is 5.57. The van der Waals surface area contributed by atoms with Crippen LogP contribution >= 0.6 is 23.7 Å². The minimum Gasteiger partial charge on any atom is -0.302 e. The first-order valence-electron chi connectivity index (χ1n) is 10.5. The Kier molecular flexibility index (Phi) is 8.98. The van der Waals surface area contributed by atoms with E-state index in [1.807, 2.05) is 0 Å². The Morgan fingerprint density at radius 1 is 1.03 bits per heavy atom. The van der Waals surface area contributed by atoms with Gasteiger partial charge in [0.2, 0.25) is 5.91 Å². The van der Waals surface area contributed by atoms with Crippen LogP contribution in [0.3, 0.4) is 0 Å². The molecule has 0 saturated carbocycles. The van der Waals surface area contributed by atoms with Crippen molar-refractivity contribution in [2.24, 2.45) is 0 Å². The molecule has 0 N–H and O–H groups in total. The number of hydrogen-bond acceptors (Lipinski definition) is 4. The summed E-state index contributed by atoms with van der Waals surface area (Å²) in [6.45, 7) is 13.6. The van der Waals surface area contributed by atoms with Crippen molar-refractivity contribution in [3.8, 4) is 0 Å². The monoisotopic (exact) mass is 463 g/mol. The summed E-state index contributed by atoms with van der Waals surface area (Å²) in [6.07, 6.45) is 0.334. The number of amides is 1. The van der Waals surface area contributed by atoms with E-state index in [-0.39, 0.29) is 24.1 Å². The highest BCUT2D eigenvalue weighted by Crippen LogP contribution is 2.30. The van der Waals surface area contributed by atoms with Crippen LogP contribution in [-0.4, -0.2) is 42.0 Å². The van der Waals surface area contributed by atoms with E-state index in [1.54, 1.807) is 11.0 Å². The summed E-state index contributed by atoms with van der Waals surface area (Å²) in [6, 6.07) is 8.81. The number of aromatic nitrogens is 1. The zero-order chi connectivity index (χ0) is 21.8. The third kappa shape index (κ3) is 6.03. The number of carbonyl (C=O) groups excluding carboxylic acids is 1. The number of fused-ring (bicyclic) bond motifs is 1. The van der Waals surface area contributed by atoms with Gasteiger partial charge in [0.15, 0.2) is 5.13 Å². The Morgan fingerprint density at radius 2 is 1.68 bits per heavy atom. The first-order valence-corrected chi connectivity index (χ1v) is 11.3. The van der Waals surface area contributed by atoms with Gasteiger partial charge >= 0.3 is 0 Å². The molecule has 0 aliphatic heterocycles. The van der Waals surface area contributed by atoms with Gasteiger partial charge in [0.05, 0.1) is 16.6 Å². The van der Waals surface area contributed by atoms with E-state index < -0.39 is 0 Å². The quantitative estimate of drug-likeness (QED) is 0.430. The summed E-state index contributed by atoms with van der Waals surface area (Å²) < 4.78 is 14.4. The van der Waals surface area contributed by atoms with Gasteiger partial charge in [0.1, 0.15) is 5.82 Å². The van der Waals surface area contributed by atoms with Gasteiger partial charge in [0.25, 0.3) is 0 Å². The van der Waals surface area contributed by atoms with Crippen molar-refractivity contribution >= 4 is 45.0 Å². The van der Waals surface area contributed by atoms with Crippen molar-refractivity contribution < 1.29 is 9.18 Å². The number of rotatable bonds is 8. The average molecular weight is 464 g/mol. The number of benzene rings is 2. The Hall–Kier alpha value is -2.02. The molecule has 1 heterocycles. The van der Waals surface area contributed by atoms with E-state index in [0.717, 1.165) is 46.5 Å². The van der Waals surface area contributed by atoms with Crippen LogP contribution < -0.4 is 4.90 Å². The van der Waals surface area contributed by atoms with E-state index in [0.29, 0.717) is 18.1 Å². The molecule has 0 bridgehead atoms. The van der Waals surface area contributed by atoms with Crippen LogP contribution in [-0.2, 0) is 11.2 Å². The van der Waals surface area contributed by atoms with Crippen molar-refractivity contribution in [2.45, 2.75) is 41.0 Å². The fraction of sp³-hybridized carbons (Fsp3) is 0.417. The lowest BCUT2D eigenvalue weighted by atomic mass is 9.97. The average Bonchev–Trinajstić information content (AvgIpc) is 3.10. The fourth-order valence-electron chi connectivity index (χ4n) is 3.85. The standard InChI is InChI=1S/C24H30FN3OS.ClH/c1-6-27(7-2)10-11-28(24-26-21-9-8-19(25)14-22(21)30-24)23(29)15-20-17(4)12-16(3)13-18(20)5;/h8-9,12-14H,6-7,10-11,15H2,1-5H3;1H. The highest BCUT2D eigenvalue weighted by atomic mass is 35.5. The lowest BCUT2D eigenvalue weighted by Crippen LogP contribution is -2.39. The van der Waals surface area contributed by atoms with Gasteiger partial charge in [-0.1, -0.05) is 42.9 Å². The van der Waals surface area contributed by atoms with Gasteiger partial charge in [-0.2, -0.15) is 0 Å². The number of thiazole rings is 1. The van der Waals surface area contributed by atoms with Crippen LogP contribution in [0.4, 0.5) is 9.52 Å². The van der Waals surface area contributed by atoms with Crippen LogP contribution in [0.2, 0.25) is 0 Å². The smallest absolute Gasteiger partial charge is 0.233 e. The number of likely N-dealkylation sites (N-methyl/N-ethyl adjacent to an activating group) is 1. The maximum absolute atomic E-state index is 13.7. The molecule has 3 rings (SSSR count). The molecule has 7 heteroatoms. The van der Waals surface area contributed by atoms with Gasteiger partial charge in [0, 0.05) is 13.1 Å². The molecule has 2 aromatic carbocycles. The number of hydrogen-bond donors (Lipinski definition) is 0. The predicted molar refractivity (Wildman–Crippen MR) is 131 cm³/mol. The summed E-state index contributed by atoms with van der Waals surface area (Å²) in [5.41, 5.74) is 5.27. The molecule has 0 fully saturated rings. The molecular weight excluding hydrogens is 433 g/mol. The number of nitrogens with zero attached hydrogens (tertiary/aromatic N) is 3. The van der Waals surface area contributed by atoms with Crippen LogP contribution in [0.1, 0.15) is 36.1 Å². The molecule has 0 radical (unpaired) electrons. The Labute approximate surface area is 194 Å². The van der Waals surface area contributed by atoms with Gasteiger partial charge in [-0.25, -0.2) is 9.37 Å². The van der Waals surface area contributed by atoms with Crippen molar-refractivity contribution in [1.82, 2.24) is 9.88 Å². The second-order valence-electron chi connectivity index (χ2n) is 7.73. The lowest BCUT2D eigenvalue weighted by Gasteiger charge is -2.25. The molecule has 31 heavy (non-hydrogen) atoms. The Morgan fingerprint density at radius 3 is 2.29 bits per heavy atom. The third-order valence-corrected chi connectivity index (χ3v) is 6.61. The van der Waals surface area contributed by atoms with E-state index >= 15 is 0 Å². The highest BCUT2D eigenvalue weighted by molar-refractivity contribution is 7.22. The summed E-state index contributed by atoms with van der Waals surface area (Å²) in [5.74, 6) is -0.263. The van der Waals surface area contributed by atoms with E-state index in [1.165, 1.54) is 29.0 Å². The number of aryl methyl sites for hydroxylation is 3. The SMILES string of the molecule is CCN(CC)CCN(C(=O)Cc1c(C)cc(C)cc1C)c1nc2ccc(F)cc2s1.Cl. The second kappa shape index (κ2) is 11.0. The molecule has 0 unspecified atom stereocenters. The molecule has 168 valence electrons. The van der Waals surface area contributed by atoms with Crippen LogP contribution in [0.15, 0.2) is 30.3 Å². The maximum Gasteiger partial charge on any atom is 0.233 e. The molecule has 0 atom stereocenters. The minimum atomic E-state index is -0.287. The lowest BCUT2D eigenvalue weighted by molar-refractivity contribution is -0.118. The molecule has 4 nitrogen and oxygen atoms in total. The molecule has 1 amide bonds. The van der Waals surface area contributed by atoms with E-state index in [9.17, 15) is 9.18 Å². The molecule has 0 aliphatic carbocycles. The topological polar surface area (TPSA) is 36.4 Å². The van der Waals surface area contributed by atoms with Crippen molar-refractivity contribution in [3.63, 3.8) is 0 Å². The summed E-state index contributed by atoms with van der Waals surface area (Å²) in [7, 11) is 0. The van der Waals surface area contributed by atoms with Crippen LogP contribution in [0.25, 0.3) is 10.2 Å². The zero-order valence-electron chi connectivity index (χ0n) is 18.9. The highest BCUT2D eigenvalue weighted by Gasteiger charge is 2.22.